The molecule has 2 aromatic rings. The van der Waals surface area contributed by atoms with E-state index in [1.54, 1.807) is 19.1 Å². The van der Waals surface area contributed by atoms with Crippen LogP contribution >= 0.6 is 46.6 Å². The molecule has 0 atom stereocenters. The predicted molar refractivity (Wildman–Crippen MR) is 87.5 cm³/mol. The first-order chi connectivity index (χ1) is 10.6. The molecule has 1 aromatic heterocycles. The van der Waals surface area contributed by atoms with Gasteiger partial charge in [-0.15, -0.1) is 0 Å². The highest BCUT2D eigenvalue weighted by atomic mass is 35.5. The van der Waals surface area contributed by atoms with Crippen molar-refractivity contribution in [2.24, 2.45) is 0 Å². The maximum Gasteiger partial charge on any atom is 0.362 e. The normalized spacial score (nSPS) is 11.6. The van der Waals surface area contributed by atoms with Crippen molar-refractivity contribution in [1.29, 1.82) is 0 Å². The first kappa shape index (κ1) is 18.3. The van der Waals surface area contributed by atoms with E-state index in [4.69, 9.17) is 34.8 Å². The van der Waals surface area contributed by atoms with Crippen LogP contribution < -0.4 is 5.56 Å². The van der Waals surface area contributed by atoms with Crippen molar-refractivity contribution in [2.75, 3.05) is 0 Å². The number of pyridine rings is 1. The number of aldehydes is 1. The molecule has 0 aliphatic carbocycles. The number of aromatic nitrogens is 1. The molecular formula is C14H8Cl3F2NO2S. The largest absolute Gasteiger partial charge is 0.362 e. The Morgan fingerprint density at radius 3 is 2.52 bits per heavy atom. The van der Waals surface area contributed by atoms with E-state index in [-0.39, 0.29) is 21.8 Å². The molecule has 0 unspecified atom stereocenters. The molecule has 0 bridgehead atoms. The zero-order chi connectivity index (χ0) is 17.4. The van der Waals surface area contributed by atoms with E-state index >= 15 is 0 Å². The zero-order valence-corrected chi connectivity index (χ0v) is 14.5. The topological polar surface area (TPSA) is 49.9 Å². The molecule has 0 saturated heterocycles. The van der Waals surface area contributed by atoms with Gasteiger partial charge in [0.15, 0.2) is 6.29 Å². The van der Waals surface area contributed by atoms with E-state index in [0.717, 1.165) is 17.8 Å². The molecule has 0 aliphatic heterocycles. The Kier molecular flexibility index (Phi) is 5.41. The Labute approximate surface area is 148 Å². The third-order valence-corrected chi connectivity index (χ3v) is 5.33. The minimum Gasteiger partial charge on any atom is -0.319 e. The van der Waals surface area contributed by atoms with Crippen molar-refractivity contribution in [2.45, 2.75) is 22.1 Å². The summed E-state index contributed by atoms with van der Waals surface area (Å²) in [5.74, 6) is 0. The molecule has 9 heteroatoms. The summed E-state index contributed by atoms with van der Waals surface area (Å²) in [4.78, 5) is 25.1. The molecular weight excluding hydrogens is 391 g/mol. The summed E-state index contributed by atoms with van der Waals surface area (Å²) in [6.07, 6.45) is 0.273. The van der Waals surface area contributed by atoms with E-state index in [9.17, 15) is 18.4 Å². The molecule has 3 nitrogen and oxygen atoms in total. The van der Waals surface area contributed by atoms with E-state index in [2.05, 4.69) is 0 Å². The number of hydrogen-bond donors (Lipinski definition) is 1. The Hall–Kier alpha value is -1.08. The molecule has 0 spiro atoms. The lowest BCUT2D eigenvalue weighted by Crippen LogP contribution is -2.20. The van der Waals surface area contributed by atoms with Crippen molar-refractivity contribution >= 4 is 52.9 Å². The Morgan fingerprint density at radius 2 is 1.96 bits per heavy atom. The van der Waals surface area contributed by atoms with Gasteiger partial charge in [-0.25, -0.2) is 0 Å². The van der Waals surface area contributed by atoms with Gasteiger partial charge in [-0.3, -0.25) is 9.59 Å². The van der Waals surface area contributed by atoms with E-state index < -0.39 is 16.6 Å². The van der Waals surface area contributed by atoms with Gasteiger partial charge in [0.25, 0.3) is 5.56 Å². The number of H-pyrrole nitrogens is 1. The van der Waals surface area contributed by atoms with Crippen LogP contribution in [0, 0.1) is 6.92 Å². The number of benzene rings is 1. The number of carbonyl (C=O) groups is 1. The fourth-order valence-corrected chi connectivity index (χ4v) is 3.50. The van der Waals surface area contributed by atoms with Crippen molar-refractivity contribution in [1.82, 2.24) is 4.98 Å². The molecule has 1 N–H and O–H groups in total. The van der Waals surface area contributed by atoms with Crippen molar-refractivity contribution in [3.8, 4) is 0 Å². The van der Waals surface area contributed by atoms with Gasteiger partial charge >= 0.3 is 5.38 Å². The third-order valence-electron chi connectivity index (χ3n) is 2.91. The molecule has 0 fully saturated rings. The first-order valence-electron chi connectivity index (χ1n) is 6.07. The van der Waals surface area contributed by atoms with Crippen molar-refractivity contribution in [3.05, 3.63) is 55.4 Å². The summed E-state index contributed by atoms with van der Waals surface area (Å²) in [5.41, 5.74) is -1.40. The predicted octanol–water partition coefficient (Wildman–Crippen LogP) is 5.24. The van der Waals surface area contributed by atoms with Gasteiger partial charge in [-0.05, 0) is 36.2 Å². The second-order valence-electron chi connectivity index (χ2n) is 4.52. The number of aryl methyl sites for hydroxylation is 1. The SMILES string of the molecule is Cc1ccc(Cl)c(Sc2cc(C(F)(F)Cl)[nH]c(=O)c2C=O)c1Cl. The lowest BCUT2D eigenvalue weighted by atomic mass is 10.2. The molecule has 0 saturated carbocycles. The van der Waals surface area contributed by atoms with E-state index in [1.165, 1.54) is 0 Å². The summed E-state index contributed by atoms with van der Waals surface area (Å²) in [5, 5.41) is -3.21. The third kappa shape index (κ3) is 3.88. The Bertz CT molecular complexity index is 834. The number of aromatic amines is 1. The molecule has 23 heavy (non-hydrogen) atoms. The van der Waals surface area contributed by atoms with Crippen LogP contribution in [0.1, 0.15) is 21.6 Å². The lowest BCUT2D eigenvalue weighted by molar-refractivity contribution is 0.0891. The maximum atomic E-state index is 13.3. The molecule has 1 heterocycles. The van der Waals surface area contributed by atoms with Crippen LogP contribution in [0.25, 0.3) is 0 Å². The molecule has 0 amide bonds. The number of rotatable bonds is 4. The van der Waals surface area contributed by atoms with Crippen molar-refractivity contribution in [3.63, 3.8) is 0 Å². The Morgan fingerprint density at radius 1 is 1.30 bits per heavy atom. The number of hydrogen-bond acceptors (Lipinski definition) is 3. The summed E-state index contributed by atoms with van der Waals surface area (Å²) in [7, 11) is 0. The van der Waals surface area contributed by atoms with Crippen LogP contribution in [-0.4, -0.2) is 11.3 Å². The van der Waals surface area contributed by atoms with Crippen LogP contribution in [0.5, 0.6) is 0 Å². The van der Waals surface area contributed by atoms with Crippen LogP contribution in [0.15, 0.2) is 32.8 Å². The van der Waals surface area contributed by atoms with Gasteiger partial charge in [-0.1, -0.05) is 41.0 Å². The second-order valence-corrected chi connectivity index (χ2v) is 6.83. The molecule has 1 aromatic carbocycles. The van der Waals surface area contributed by atoms with Crippen LogP contribution in [0.2, 0.25) is 10.0 Å². The zero-order valence-electron chi connectivity index (χ0n) is 11.4. The van der Waals surface area contributed by atoms with Crippen molar-refractivity contribution < 1.29 is 13.6 Å². The van der Waals surface area contributed by atoms with E-state index in [0.29, 0.717) is 15.5 Å². The molecule has 0 radical (unpaired) electrons. The maximum absolute atomic E-state index is 13.3. The lowest BCUT2D eigenvalue weighted by Gasteiger charge is -2.13. The summed E-state index contributed by atoms with van der Waals surface area (Å²) in [6.45, 7) is 1.74. The van der Waals surface area contributed by atoms with Crippen LogP contribution in [0.3, 0.4) is 0 Å². The second kappa shape index (κ2) is 6.81. The highest BCUT2D eigenvalue weighted by Gasteiger charge is 2.31. The Balaban J connectivity index is 2.64. The fraction of sp³-hybridized carbons (Fsp3) is 0.143. The quantitative estimate of drug-likeness (QED) is 0.566. The number of alkyl halides is 3. The average Bonchev–Trinajstić information content (AvgIpc) is 2.46. The molecule has 0 aliphatic rings. The van der Waals surface area contributed by atoms with Gasteiger partial charge in [0.05, 0.1) is 15.6 Å². The smallest absolute Gasteiger partial charge is 0.319 e. The highest BCUT2D eigenvalue weighted by Crippen LogP contribution is 2.42. The average molecular weight is 399 g/mol. The fourth-order valence-electron chi connectivity index (χ4n) is 1.73. The van der Waals surface area contributed by atoms with Crippen LogP contribution in [0.4, 0.5) is 8.78 Å². The van der Waals surface area contributed by atoms with Crippen LogP contribution in [-0.2, 0) is 5.38 Å². The number of carbonyl (C=O) groups excluding carboxylic acids is 1. The van der Waals surface area contributed by atoms with Gasteiger partial charge in [-0.2, -0.15) is 8.78 Å². The van der Waals surface area contributed by atoms with Gasteiger partial charge in [0, 0.05) is 9.79 Å². The van der Waals surface area contributed by atoms with Gasteiger partial charge < -0.3 is 4.98 Å². The summed E-state index contributed by atoms with van der Waals surface area (Å²) >= 11 is 18.0. The monoisotopic (exact) mass is 397 g/mol. The van der Waals surface area contributed by atoms with Gasteiger partial charge in [0.1, 0.15) is 5.69 Å². The number of halogens is 5. The first-order valence-corrected chi connectivity index (χ1v) is 8.02. The minimum atomic E-state index is -3.78. The van der Waals surface area contributed by atoms with Gasteiger partial charge in [0.2, 0.25) is 0 Å². The summed E-state index contributed by atoms with van der Waals surface area (Å²) < 4.78 is 26.5. The number of nitrogens with one attached hydrogen (secondary N) is 1. The minimum absolute atomic E-state index is 0.0199. The standard InChI is InChI=1S/C14H8Cl3F2NO2S/c1-6-2-3-8(15)12(11(6)16)23-9-4-10(14(17,18)19)20-13(22)7(9)5-21/h2-5H,1H3,(H,20,22). The molecule has 122 valence electrons. The molecule has 2 rings (SSSR count). The highest BCUT2D eigenvalue weighted by molar-refractivity contribution is 7.99. The summed E-state index contributed by atoms with van der Waals surface area (Å²) in [6, 6.07) is 4.19. The van der Waals surface area contributed by atoms with E-state index in [1.807, 2.05) is 4.98 Å².